The Kier molecular flexibility index (Phi) is 5.77. The lowest BCUT2D eigenvalue weighted by atomic mass is 10.1. The number of halogens is 3. The van der Waals surface area contributed by atoms with Gasteiger partial charge in [0.2, 0.25) is 0 Å². The van der Waals surface area contributed by atoms with Gasteiger partial charge in [0, 0.05) is 30.6 Å². The molecule has 0 atom stereocenters. The molecule has 2 aliphatic rings. The lowest BCUT2D eigenvalue weighted by Crippen LogP contribution is -2.34. The number of carbonyl (C=O) groups is 1. The van der Waals surface area contributed by atoms with Crippen LogP contribution in [0.25, 0.3) is 10.9 Å². The third-order valence-electron chi connectivity index (χ3n) is 6.61. The molecule has 1 N–H and O–H groups in total. The summed E-state index contributed by atoms with van der Waals surface area (Å²) < 4.78 is 71.8. The fourth-order valence-corrected chi connectivity index (χ4v) is 6.49. The van der Waals surface area contributed by atoms with E-state index in [0.717, 1.165) is 4.57 Å². The van der Waals surface area contributed by atoms with Crippen molar-refractivity contribution in [1.29, 1.82) is 0 Å². The number of carbonyl (C=O) groups excluding carboxylic acids is 1. The van der Waals surface area contributed by atoms with Gasteiger partial charge in [0.25, 0.3) is 17.3 Å². The molecule has 0 unspecified atom stereocenters. The van der Waals surface area contributed by atoms with Crippen molar-refractivity contribution >= 4 is 26.6 Å². The maximum absolute atomic E-state index is 13.9. The first-order valence-electron chi connectivity index (χ1n) is 11.2. The summed E-state index contributed by atoms with van der Waals surface area (Å²) >= 11 is 0. The summed E-state index contributed by atoms with van der Waals surface area (Å²) in [5.41, 5.74) is -1.10. The largest absolute Gasteiger partial charge is 0.473 e. The number of benzene rings is 1. The van der Waals surface area contributed by atoms with E-state index >= 15 is 0 Å². The van der Waals surface area contributed by atoms with Crippen molar-refractivity contribution in [3.05, 3.63) is 63.3 Å². The van der Waals surface area contributed by atoms with Gasteiger partial charge in [0.1, 0.15) is 28.3 Å². The first-order valence-corrected chi connectivity index (χ1v) is 12.7. The second-order valence-corrected chi connectivity index (χ2v) is 11.8. The molecule has 190 valence electrons. The van der Waals surface area contributed by atoms with Crippen LogP contribution in [0.2, 0.25) is 0 Å². The van der Waals surface area contributed by atoms with Crippen LogP contribution in [-0.4, -0.2) is 45.7 Å². The number of nitrogens with one attached hydrogen (secondary N) is 1. The summed E-state index contributed by atoms with van der Waals surface area (Å²) in [6.45, 7) is -0.598. The normalized spacial score (nSPS) is 16.7. The smallest absolute Gasteiger partial charge is 0.263 e. The van der Waals surface area contributed by atoms with Gasteiger partial charge < -0.3 is 14.6 Å². The van der Waals surface area contributed by atoms with Crippen LogP contribution >= 0.6 is 0 Å². The van der Waals surface area contributed by atoms with Crippen LogP contribution in [-0.2, 0) is 23.4 Å². The summed E-state index contributed by atoms with van der Waals surface area (Å²) in [6.07, 6.45) is 3.60. The van der Waals surface area contributed by atoms with Gasteiger partial charge in [-0.05, 0) is 37.8 Å². The van der Waals surface area contributed by atoms with E-state index in [1.807, 2.05) is 0 Å². The number of hydrogen-bond donors (Lipinski definition) is 1. The molecule has 0 saturated heterocycles. The Labute approximate surface area is 203 Å². The fourth-order valence-electron chi connectivity index (χ4n) is 4.13. The van der Waals surface area contributed by atoms with Crippen molar-refractivity contribution in [2.24, 2.45) is 7.05 Å². The van der Waals surface area contributed by atoms with Crippen LogP contribution < -0.4 is 15.6 Å². The Morgan fingerprint density at radius 2 is 1.86 bits per heavy atom. The number of sulfone groups is 1. The average molecular weight is 523 g/mol. The van der Waals surface area contributed by atoms with Gasteiger partial charge in [-0.15, -0.1) is 5.10 Å². The summed E-state index contributed by atoms with van der Waals surface area (Å²) in [6, 6.07) is 2.25. The van der Waals surface area contributed by atoms with Crippen LogP contribution in [0.3, 0.4) is 0 Å². The first-order chi connectivity index (χ1) is 17.0. The maximum Gasteiger partial charge on any atom is 0.263 e. The summed E-state index contributed by atoms with van der Waals surface area (Å²) in [4.78, 5) is 25.6. The van der Waals surface area contributed by atoms with Gasteiger partial charge in [-0.2, -0.15) is 5.10 Å². The fraction of sp³-hybridized carbons (Fsp3) is 0.391. The van der Waals surface area contributed by atoms with Crippen LogP contribution in [0.5, 0.6) is 5.88 Å². The highest BCUT2D eigenvalue weighted by atomic mass is 32.2. The van der Waals surface area contributed by atoms with Crippen LogP contribution in [0.4, 0.5) is 13.2 Å². The minimum atomic E-state index is -3.32. The SMILES string of the molecule is Cn1c(=O)c(C(=O)NCc2cc(F)c(F)cc2F)cc2cnnc(OCC3(S(=O)(=O)C4CC4)CC3)c21. The highest BCUT2D eigenvalue weighted by molar-refractivity contribution is 7.94. The number of hydrogen-bond acceptors (Lipinski definition) is 7. The Morgan fingerprint density at radius 3 is 2.53 bits per heavy atom. The standard InChI is InChI=1S/C23H21F3N4O5S/c1-30-19-13(10-28-29-21(19)35-11-23(4-5-23)36(33,34)14-2-3-14)6-15(22(30)32)20(31)27-9-12-7-17(25)18(26)8-16(12)24/h6-8,10,14H,2-5,9,11H2,1H3,(H,27,31). The van der Waals surface area contributed by atoms with Gasteiger partial charge in [-0.3, -0.25) is 9.59 Å². The predicted molar refractivity (Wildman–Crippen MR) is 122 cm³/mol. The highest BCUT2D eigenvalue weighted by Crippen LogP contribution is 2.50. The molecule has 2 aromatic heterocycles. The molecule has 9 nitrogen and oxygen atoms in total. The van der Waals surface area contributed by atoms with Crippen molar-refractivity contribution in [3.63, 3.8) is 0 Å². The van der Waals surface area contributed by atoms with Crippen molar-refractivity contribution in [2.75, 3.05) is 6.61 Å². The zero-order chi connectivity index (χ0) is 25.8. The van der Waals surface area contributed by atoms with Gasteiger partial charge in [-0.1, -0.05) is 0 Å². The van der Waals surface area contributed by atoms with E-state index in [-0.39, 0.29) is 34.4 Å². The lowest BCUT2D eigenvalue weighted by Gasteiger charge is -2.17. The average Bonchev–Trinajstić information content (AvgIpc) is 3.75. The van der Waals surface area contributed by atoms with E-state index in [1.165, 1.54) is 19.3 Å². The lowest BCUT2D eigenvalue weighted by molar-refractivity contribution is 0.0948. The monoisotopic (exact) mass is 522 g/mol. The number of aromatic nitrogens is 3. The van der Waals surface area contributed by atoms with Gasteiger partial charge in [0.05, 0.1) is 11.4 Å². The molecule has 3 aromatic rings. The third-order valence-corrected chi connectivity index (χ3v) is 9.69. The maximum atomic E-state index is 13.9. The molecule has 2 fully saturated rings. The summed E-state index contributed by atoms with van der Waals surface area (Å²) in [7, 11) is -1.93. The Hall–Kier alpha value is -3.48. The number of fused-ring (bicyclic) bond motifs is 1. The molecule has 2 aliphatic carbocycles. The summed E-state index contributed by atoms with van der Waals surface area (Å²) in [5, 5.41) is 10.1. The summed E-state index contributed by atoms with van der Waals surface area (Å²) in [5.74, 6) is -4.59. The molecule has 0 radical (unpaired) electrons. The van der Waals surface area contributed by atoms with Crippen LogP contribution in [0.15, 0.2) is 29.2 Å². The molecular formula is C23H21F3N4O5S. The number of aryl methyl sites for hydroxylation is 1. The van der Waals surface area contributed by atoms with E-state index < -0.39 is 50.0 Å². The molecule has 0 bridgehead atoms. The number of nitrogens with zero attached hydrogens (tertiary/aromatic N) is 3. The molecular weight excluding hydrogens is 501 g/mol. The second-order valence-electron chi connectivity index (χ2n) is 9.13. The Balaban J connectivity index is 1.39. The van der Waals surface area contributed by atoms with E-state index in [2.05, 4.69) is 15.5 Å². The van der Waals surface area contributed by atoms with E-state index in [0.29, 0.717) is 43.2 Å². The minimum absolute atomic E-state index is 0.0415. The number of rotatable bonds is 8. The van der Waals surface area contributed by atoms with Crippen LogP contribution in [0, 0.1) is 17.5 Å². The molecule has 1 amide bonds. The van der Waals surface area contributed by atoms with E-state index in [9.17, 15) is 31.2 Å². The number of amides is 1. The van der Waals surface area contributed by atoms with Crippen molar-refractivity contribution in [2.45, 2.75) is 42.2 Å². The molecule has 0 aliphatic heterocycles. The highest BCUT2D eigenvalue weighted by Gasteiger charge is 2.60. The molecule has 5 rings (SSSR count). The molecule has 0 spiro atoms. The molecule has 2 saturated carbocycles. The number of ether oxygens (including phenoxy) is 1. The van der Waals surface area contributed by atoms with Crippen molar-refractivity contribution in [1.82, 2.24) is 20.1 Å². The Morgan fingerprint density at radius 1 is 1.17 bits per heavy atom. The molecule has 13 heteroatoms. The number of pyridine rings is 1. The van der Waals surface area contributed by atoms with Gasteiger partial charge >= 0.3 is 0 Å². The van der Waals surface area contributed by atoms with Crippen LogP contribution in [0.1, 0.15) is 41.6 Å². The van der Waals surface area contributed by atoms with Crippen molar-refractivity contribution < 1.29 is 31.1 Å². The van der Waals surface area contributed by atoms with E-state index in [4.69, 9.17) is 4.74 Å². The first kappa shape index (κ1) is 24.2. The predicted octanol–water partition coefficient (Wildman–Crippen LogP) is 2.16. The van der Waals surface area contributed by atoms with Gasteiger partial charge in [0.15, 0.2) is 21.5 Å². The van der Waals surface area contributed by atoms with Crippen molar-refractivity contribution in [3.8, 4) is 5.88 Å². The minimum Gasteiger partial charge on any atom is -0.473 e. The quantitative estimate of drug-likeness (QED) is 0.450. The topological polar surface area (TPSA) is 120 Å². The molecule has 1 aromatic carbocycles. The molecule has 2 heterocycles. The second kappa shape index (κ2) is 8.57. The zero-order valence-corrected chi connectivity index (χ0v) is 19.9. The van der Waals surface area contributed by atoms with E-state index in [1.54, 1.807) is 0 Å². The van der Waals surface area contributed by atoms with Gasteiger partial charge in [-0.25, -0.2) is 21.6 Å². The molecule has 36 heavy (non-hydrogen) atoms. The third kappa shape index (κ3) is 4.10. The zero-order valence-electron chi connectivity index (χ0n) is 19.1. The Bertz CT molecular complexity index is 1570.